The summed E-state index contributed by atoms with van der Waals surface area (Å²) in [5.74, 6) is 0. The molecule has 86 valence electrons. The van der Waals surface area contributed by atoms with E-state index in [2.05, 4.69) is 31.1 Å². The van der Waals surface area contributed by atoms with Crippen LogP contribution in [-0.4, -0.2) is 23.2 Å². The van der Waals surface area contributed by atoms with E-state index in [-0.39, 0.29) is 5.41 Å². The van der Waals surface area contributed by atoms with Gasteiger partial charge >= 0.3 is 0 Å². The molecular formula is C11H20N2OS. The maximum Gasteiger partial charge on any atom is 0.109 e. The van der Waals surface area contributed by atoms with Crippen molar-refractivity contribution >= 4 is 11.3 Å². The molecular weight excluding hydrogens is 208 g/mol. The van der Waals surface area contributed by atoms with Crippen LogP contribution in [-0.2, 0) is 5.41 Å². The average Bonchev–Trinajstić information content (AvgIpc) is 2.62. The van der Waals surface area contributed by atoms with Gasteiger partial charge in [-0.2, -0.15) is 0 Å². The SMILES string of the molecule is CCNCC(O)c1csc(C(C)(C)C)n1. The van der Waals surface area contributed by atoms with E-state index in [0.717, 1.165) is 17.2 Å². The molecule has 0 bridgehead atoms. The molecule has 1 atom stereocenters. The molecule has 0 radical (unpaired) electrons. The molecule has 0 fully saturated rings. The van der Waals surface area contributed by atoms with Crippen LogP contribution in [0.3, 0.4) is 0 Å². The predicted octanol–water partition coefficient (Wildman–Crippen LogP) is 2.08. The lowest BCUT2D eigenvalue weighted by Gasteiger charge is -2.14. The maximum absolute atomic E-state index is 9.81. The summed E-state index contributed by atoms with van der Waals surface area (Å²) in [4.78, 5) is 4.46. The van der Waals surface area contributed by atoms with Gasteiger partial charge in [-0.3, -0.25) is 0 Å². The first-order valence-corrected chi connectivity index (χ1v) is 6.17. The minimum atomic E-state index is -0.489. The van der Waals surface area contributed by atoms with Gasteiger partial charge < -0.3 is 10.4 Å². The third-order valence-corrected chi connectivity index (χ3v) is 3.38. The minimum Gasteiger partial charge on any atom is -0.385 e. The number of aromatic nitrogens is 1. The molecule has 4 heteroatoms. The number of nitrogens with zero attached hydrogens (tertiary/aromatic N) is 1. The highest BCUT2D eigenvalue weighted by Crippen LogP contribution is 2.27. The topological polar surface area (TPSA) is 45.1 Å². The van der Waals surface area contributed by atoms with Gasteiger partial charge in [0.05, 0.1) is 10.7 Å². The smallest absolute Gasteiger partial charge is 0.109 e. The van der Waals surface area contributed by atoms with Crippen LogP contribution >= 0.6 is 11.3 Å². The Morgan fingerprint density at radius 1 is 1.53 bits per heavy atom. The van der Waals surface area contributed by atoms with E-state index in [0.29, 0.717) is 6.54 Å². The zero-order valence-electron chi connectivity index (χ0n) is 9.87. The van der Waals surface area contributed by atoms with E-state index < -0.39 is 6.10 Å². The van der Waals surface area contributed by atoms with Crippen molar-refractivity contribution in [1.82, 2.24) is 10.3 Å². The largest absolute Gasteiger partial charge is 0.385 e. The Hall–Kier alpha value is -0.450. The number of likely N-dealkylation sites (N-methyl/N-ethyl adjacent to an activating group) is 1. The summed E-state index contributed by atoms with van der Waals surface area (Å²) in [5, 5.41) is 15.9. The van der Waals surface area contributed by atoms with Gasteiger partial charge in [-0.1, -0.05) is 27.7 Å². The Morgan fingerprint density at radius 2 is 2.20 bits per heavy atom. The van der Waals surface area contributed by atoms with E-state index >= 15 is 0 Å². The van der Waals surface area contributed by atoms with Crippen LogP contribution in [0, 0.1) is 0 Å². The number of rotatable bonds is 4. The van der Waals surface area contributed by atoms with Crippen LogP contribution in [0.1, 0.15) is 44.5 Å². The summed E-state index contributed by atoms with van der Waals surface area (Å²) in [5.41, 5.74) is 0.853. The molecule has 0 amide bonds. The second-order valence-corrected chi connectivity index (χ2v) is 5.51. The van der Waals surface area contributed by atoms with Gasteiger partial charge in [0.15, 0.2) is 0 Å². The number of aliphatic hydroxyl groups is 1. The normalized spacial score (nSPS) is 14.2. The summed E-state index contributed by atoms with van der Waals surface area (Å²) in [6.45, 7) is 9.86. The minimum absolute atomic E-state index is 0.0703. The van der Waals surface area contributed by atoms with Crippen molar-refractivity contribution in [2.75, 3.05) is 13.1 Å². The third kappa shape index (κ3) is 3.55. The number of hydrogen-bond donors (Lipinski definition) is 2. The number of thiazole rings is 1. The van der Waals surface area contributed by atoms with E-state index in [1.807, 2.05) is 12.3 Å². The molecule has 1 unspecified atom stereocenters. The summed E-state index contributed by atoms with van der Waals surface area (Å²) >= 11 is 1.62. The zero-order chi connectivity index (χ0) is 11.5. The first kappa shape index (κ1) is 12.6. The fraction of sp³-hybridized carbons (Fsp3) is 0.727. The lowest BCUT2D eigenvalue weighted by atomic mass is 9.98. The first-order chi connectivity index (χ1) is 6.95. The van der Waals surface area contributed by atoms with Crippen LogP contribution in [0.25, 0.3) is 0 Å². The fourth-order valence-electron chi connectivity index (χ4n) is 1.17. The van der Waals surface area contributed by atoms with Crippen LogP contribution in [0.5, 0.6) is 0 Å². The number of hydrogen-bond acceptors (Lipinski definition) is 4. The third-order valence-electron chi connectivity index (χ3n) is 2.09. The van der Waals surface area contributed by atoms with Gasteiger partial charge in [0, 0.05) is 17.3 Å². The molecule has 0 aliphatic rings. The molecule has 0 aliphatic heterocycles. The molecule has 2 N–H and O–H groups in total. The van der Waals surface area contributed by atoms with Crippen molar-refractivity contribution in [3.8, 4) is 0 Å². The molecule has 3 nitrogen and oxygen atoms in total. The predicted molar refractivity (Wildman–Crippen MR) is 64.3 cm³/mol. The Kier molecular flexibility index (Phi) is 4.25. The lowest BCUT2D eigenvalue weighted by Crippen LogP contribution is -2.21. The van der Waals surface area contributed by atoms with Gasteiger partial charge in [-0.15, -0.1) is 11.3 Å². The first-order valence-electron chi connectivity index (χ1n) is 5.30. The average molecular weight is 228 g/mol. The Bertz CT molecular complexity index is 304. The number of nitrogens with one attached hydrogen (secondary N) is 1. The highest BCUT2D eigenvalue weighted by molar-refractivity contribution is 7.09. The number of aliphatic hydroxyl groups excluding tert-OH is 1. The standard InChI is InChI=1S/C11H20N2OS/c1-5-12-6-9(14)8-7-15-10(13-8)11(2,3)4/h7,9,12,14H,5-6H2,1-4H3. The van der Waals surface area contributed by atoms with E-state index in [9.17, 15) is 5.11 Å². The Morgan fingerprint density at radius 3 is 2.67 bits per heavy atom. The van der Waals surface area contributed by atoms with Gasteiger partial charge in [-0.25, -0.2) is 4.98 Å². The van der Waals surface area contributed by atoms with Crippen molar-refractivity contribution in [3.05, 3.63) is 16.1 Å². The molecule has 15 heavy (non-hydrogen) atoms. The van der Waals surface area contributed by atoms with Crippen LogP contribution < -0.4 is 5.32 Å². The van der Waals surface area contributed by atoms with Crippen LogP contribution in [0.2, 0.25) is 0 Å². The molecule has 1 aromatic heterocycles. The molecule has 0 saturated heterocycles. The lowest BCUT2D eigenvalue weighted by molar-refractivity contribution is 0.171. The molecule has 1 aromatic rings. The van der Waals surface area contributed by atoms with Crippen molar-refractivity contribution in [1.29, 1.82) is 0 Å². The van der Waals surface area contributed by atoms with E-state index in [4.69, 9.17) is 0 Å². The van der Waals surface area contributed by atoms with Crippen molar-refractivity contribution in [2.24, 2.45) is 0 Å². The summed E-state index contributed by atoms with van der Waals surface area (Å²) in [6.07, 6.45) is -0.489. The van der Waals surface area contributed by atoms with Crippen molar-refractivity contribution < 1.29 is 5.11 Å². The van der Waals surface area contributed by atoms with Crippen molar-refractivity contribution in [3.63, 3.8) is 0 Å². The molecule has 1 heterocycles. The quantitative estimate of drug-likeness (QED) is 0.829. The summed E-state index contributed by atoms with van der Waals surface area (Å²) < 4.78 is 0. The summed E-state index contributed by atoms with van der Waals surface area (Å²) in [6, 6.07) is 0. The van der Waals surface area contributed by atoms with Gasteiger partial charge in [0.2, 0.25) is 0 Å². The van der Waals surface area contributed by atoms with Gasteiger partial charge in [0.1, 0.15) is 6.10 Å². The molecule has 0 aliphatic carbocycles. The molecule has 1 rings (SSSR count). The Labute approximate surface area is 95.6 Å². The highest BCUT2D eigenvalue weighted by atomic mass is 32.1. The molecule has 0 spiro atoms. The fourth-order valence-corrected chi connectivity index (χ4v) is 2.12. The van der Waals surface area contributed by atoms with Crippen LogP contribution in [0.15, 0.2) is 5.38 Å². The van der Waals surface area contributed by atoms with Crippen LogP contribution in [0.4, 0.5) is 0 Å². The summed E-state index contributed by atoms with van der Waals surface area (Å²) in [7, 11) is 0. The van der Waals surface area contributed by atoms with E-state index in [1.165, 1.54) is 0 Å². The monoisotopic (exact) mass is 228 g/mol. The van der Waals surface area contributed by atoms with Crippen molar-refractivity contribution in [2.45, 2.75) is 39.2 Å². The second kappa shape index (κ2) is 5.05. The second-order valence-electron chi connectivity index (χ2n) is 4.65. The highest BCUT2D eigenvalue weighted by Gasteiger charge is 2.20. The molecule has 0 saturated carbocycles. The molecule has 0 aromatic carbocycles. The van der Waals surface area contributed by atoms with E-state index in [1.54, 1.807) is 11.3 Å². The van der Waals surface area contributed by atoms with Gasteiger partial charge in [-0.05, 0) is 6.54 Å². The Balaban J connectivity index is 2.67. The zero-order valence-corrected chi connectivity index (χ0v) is 10.7. The van der Waals surface area contributed by atoms with Gasteiger partial charge in [0.25, 0.3) is 0 Å². The maximum atomic E-state index is 9.81.